The zero-order valence-electron chi connectivity index (χ0n) is 12.3. The normalized spacial score (nSPS) is 21.9. The first-order valence-electron chi connectivity index (χ1n) is 7.33. The Bertz CT molecular complexity index is 686. The topological polar surface area (TPSA) is 69.2 Å². The third-order valence-corrected chi connectivity index (χ3v) is 4.55. The minimum Gasteiger partial charge on any atom is -0.391 e. The summed E-state index contributed by atoms with van der Waals surface area (Å²) < 4.78 is 0. The van der Waals surface area contributed by atoms with Crippen molar-refractivity contribution in [2.75, 3.05) is 13.1 Å². The fraction of sp³-hybridized carbons (Fsp3) is 0.375. The van der Waals surface area contributed by atoms with Crippen LogP contribution in [-0.2, 0) is 0 Å². The van der Waals surface area contributed by atoms with E-state index in [2.05, 4.69) is 10.2 Å². The Hall–Kier alpha value is -1.85. The molecule has 1 amide bonds. The van der Waals surface area contributed by atoms with Gasteiger partial charge in [-0.2, -0.15) is 5.10 Å². The number of likely N-dealkylation sites (tertiary alicyclic amines) is 1. The number of piperidine rings is 1. The van der Waals surface area contributed by atoms with Gasteiger partial charge >= 0.3 is 0 Å². The van der Waals surface area contributed by atoms with Gasteiger partial charge in [-0.1, -0.05) is 36.7 Å². The lowest BCUT2D eigenvalue weighted by Crippen LogP contribution is -2.45. The van der Waals surface area contributed by atoms with Crippen LogP contribution < -0.4 is 0 Å². The van der Waals surface area contributed by atoms with Gasteiger partial charge in [0, 0.05) is 23.7 Å². The molecule has 3 rings (SSSR count). The number of hydrogen-bond donors (Lipinski definition) is 2. The standard InChI is InChI=1S/C16H18ClN3O2/c1-10-6-7-20(9-14(10)21)16(22)12-8-18-19-15(12)11-4-2-3-5-13(11)17/h2-5,8,10,14,21H,6-7,9H2,1H3,(H,18,19)/t10-,14+/m1/s1. The molecule has 0 saturated carbocycles. The van der Waals surface area contributed by atoms with E-state index in [1.807, 2.05) is 25.1 Å². The fourth-order valence-corrected chi connectivity index (χ4v) is 2.95. The summed E-state index contributed by atoms with van der Waals surface area (Å²) in [6, 6.07) is 7.33. The minimum atomic E-state index is -0.478. The van der Waals surface area contributed by atoms with Crippen molar-refractivity contribution in [2.24, 2.45) is 5.92 Å². The van der Waals surface area contributed by atoms with Crippen LogP contribution in [0.15, 0.2) is 30.5 Å². The van der Waals surface area contributed by atoms with Gasteiger partial charge in [0.05, 0.1) is 23.6 Å². The van der Waals surface area contributed by atoms with Gasteiger partial charge in [0.25, 0.3) is 5.91 Å². The van der Waals surface area contributed by atoms with Crippen LogP contribution in [-0.4, -0.2) is 45.3 Å². The van der Waals surface area contributed by atoms with Gasteiger partial charge in [0.15, 0.2) is 0 Å². The minimum absolute atomic E-state index is 0.130. The smallest absolute Gasteiger partial charge is 0.257 e. The third-order valence-electron chi connectivity index (χ3n) is 4.22. The number of H-pyrrole nitrogens is 1. The van der Waals surface area contributed by atoms with Crippen LogP contribution in [0.5, 0.6) is 0 Å². The van der Waals surface area contributed by atoms with E-state index in [9.17, 15) is 9.90 Å². The van der Waals surface area contributed by atoms with E-state index in [-0.39, 0.29) is 11.8 Å². The van der Waals surface area contributed by atoms with Gasteiger partial charge in [-0.05, 0) is 18.4 Å². The Balaban J connectivity index is 1.89. The number of carbonyl (C=O) groups is 1. The molecule has 6 heteroatoms. The lowest BCUT2D eigenvalue weighted by molar-refractivity contribution is 0.0249. The van der Waals surface area contributed by atoms with E-state index >= 15 is 0 Å². The number of rotatable bonds is 2. The van der Waals surface area contributed by atoms with Gasteiger partial charge in [-0.15, -0.1) is 0 Å². The molecule has 0 aliphatic carbocycles. The number of amides is 1. The lowest BCUT2D eigenvalue weighted by Gasteiger charge is -2.34. The van der Waals surface area contributed by atoms with Gasteiger partial charge in [-0.25, -0.2) is 0 Å². The summed E-state index contributed by atoms with van der Waals surface area (Å²) in [6.07, 6.45) is 1.84. The average molecular weight is 320 g/mol. The summed E-state index contributed by atoms with van der Waals surface area (Å²) in [5.74, 6) is 0.0889. The summed E-state index contributed by atoms with van der Waals surface area (Å²) >= 11 is 6.21. The fourth-order valence-electron chi connectivity index (χ4n) is 2.72. The Morgan fingerprint density at radius 2 is 2.23 bits per heavy atom. The highest BCUT2D eigenvalue weighted by atomic mass is 35.5. The number of aromatic nitrogens is 2. The number of benzene rings is 1. The summed E-state index contributed by atoms with van der Waals surface area (Å²) in [6.45, 7) is 3.00. The van der Waals surface area contributed by atoms with Crippen LogP contribution in [0.2, 0.25) is 5.02 Å². The molecule has 1 aliphatic rings. The van der Waals surface area contributed by atoms with Crippen molar-refractivity contribution in [3.63, 3.8) is 0 Å². The van der Waals surface area contributed by atoms with Crippen LogP contribution in [0.1, 0.15) is 23.7 Å². The van der Waals surface area contributed by atoms with Crippen molar-refractivity contribution in [3.05, 3.63) is 41.0 Å². The number of aliphatic hydroxyl groups excluding tert-OH is 1. The van der Waals surface area contributed by atoms with Crippen molar-refractivity contribution in [3.8, 4) is 11.3 Å². The quantitative estimate of drug-likeness (QED) is 0.894. The van der Waals surface area contributed by atoms with E-state index in [0.717, 1.165) is 12.0 Å². The lowest BCUT2D eigenvalue weighted by atomic mass is 9.95. The number of hydrogen-bond acceptors (Lipinski definition) is 3. The summed E-state index contributed by atoms with van der Waals surface area (Å²) in [7, 11) is 0. The Labute approximate surface area is 133 Å². The predicted molar refractivity (Wildman–Crippen MR) is 84.7 cm³/mol. The molecule has 0 spiro atoms. The molecule has 5 nitrogen and oxygen atoms in total. The SMILES string of the molecule is C[C@@H]1CCN(C(=O)c2cn[nH]c2-c2ccccc2Cl)C[C@@H]1O. The number of halogens is 1. The molecular weight excluding hydrogens is 302 g/mol. The van der Waals surface area contributed by atoms with Crippen molar-refractivity contribution in [1.29, 1.82) is 0 Å². The molecule has 1 aliphatic heterocycles. The van der Waals surface area contributed by atoms with E-state index in [0.29, 0.717) is 29.4 Å². The molecule has 2 atom stereocenters. The number of nitrogens with one attached hydrogen (secondary N) is 1. The van der Waals surface area contributed by atoms with Crippen LogP contribution in [0, 0.1) is 5.92 Å². The first-order chi connectivity index (χ1) is 10.6. The number of nitrogens with zero attached hydrogens (tertiary/aromatic N) is 2. The van der Waals surface area contributed by atoms with E-state index in [1.165, 1.54) is 6.20 Å². The molecule has 0 radical (unpaired) electrons. The third kappa shape index (κ3) is 2.74. The molecule has 2 heterocycles. The van der Waals surface area contributed by atoms with Gasteiger partial charge in [-0.3, -0.25) is 9.89 Å². The van der Waals surface area contributed by atoms with Crippen LogP contribution in [0.25, 0.3) is 11.3 Å². The van der Waals surface area contributed by atoms with Crippen molar-refractivity contribution < 1.29 is 9.90 Å². The van der Waals surface area contributed by atoms with Crippen molar-refractivity contribution in [1.82, 2.24) is 15.1 Å². The number of β-amino-alcohol motifs (C(OH)–C–C–N with tert-alkyl or cyclic N) is 1. The van der Waals surface area contributed by atoms with Gasteiger partial charge in [0.2, 0.25) is 0 Å². The van der Waals surface area contributed by atoms with E-state index < -0.39 is 6.10 Å². The van der Waals surface area contributed by atoms with Crippen molar-refractivity contribution >= 4 is 17.5 Å². The average Bonchev–Trinajstić information content (AvgIpc) is 2.99. The monoisotopic (exact) mass is 319 g/mol. The first kappa shape index (κ1) is 15.1. The van der Waals surface area contributed by atoms with Gasteiger partial charge in [0.1, 0.15) is 0 Å². The largest absolute Gasteiger partial charge is 0.391 e. The molecule has 0 bridgehead atoms. The highest BCUT2D eigenvalue weighted by molar-refractivity contribution is 6.33. The van der Waals surface area contributed by atoms with E-state index in [4.69, 9.17) is 11.6 Å². The molecule has 1 aromatic heterocycles. The summed E-state index contributed by atoms with van der Waals surface area (Å²) in [5, 5.41) is 17.4. The summed E-state index contributed by atoms with van der Waals surface area (Å²) in [5.41, 5.74) is 1.84. The molecule has 1 fully saturated rings. The summed E-state index contributed by atoms with van der Waals surface area (Å²) in [4.78, 5) is 14.4. The highest BCUT2D eigenvalue weighted by Crippen LogP contribution is 2.29. The second-order valence-electron chi connectivity index (χ2n) is 5.72. The maximum atomic E-state index is 12.7. The maximum Gasteiger partial charge on any atom is 0.257 e. The zero-order chi connectivity index (χ0) is 15.7. The Kier molecular flexibility index (Phi) is 4.18. The van der Waals surface area contributed by atoms with Crippen molar-refractivity contribution in [2.45, 2.75) is 19.4 Å². The second kappa shape index (κ2) is 6.10. The number of aliphatic hydroxyl groups is 1. The number of aromatic amines is 1. The molecule has 2 aromatic rings. The Morgan fingerprint density at radius 1 is 1.45 bits per heavy atom. The molecule has 22 heavy (non-hydrogen) atoms. The maximum absolute atomic E-state index is 12.7. The molecular formula is C16H18ClN3O2. The zero-order valence-corrected chi connectivity index (χ0v) is 13.0. The molecule has 0 unspecified atom stereocenters. The van der Waals surface area contributed by atoms with Crippen LogP contribution in [0.4, 0.5) is 0 Å². The number of carbonyl (C=O) groups excluding carboxylic acids is 1. The highest BCUT2D eigenvalue weighted by Gasteiger charge is 2.29. The molecule has 1 aromatic carbocycles. The Morgan fingerprint density at radius 3 is 2.95 bits per heavy atom. The second-order valence-corrected chi connectivity index (χ2v) is 6.13. The van der Waals surface area contributed by atoms with Gasteiger partial charge < -0.3 is 10.0 Å². The molecule has 2 N–H and O–H groups in total. The molecule has 116 valence electrons. The van der Waals surface area contributed by atoms with E-state index in [1.54, 1.807) is 11.0 Å². The van der Waals surface area contributed by atoms with Crippen LogP contribution in [0.3, 0.4) is 0 Å². The van der Waals surface area contributed by atoms with Crippen LogP contribution >= 0.6 is 11.6 Å². The first-order valence-corrected chi connectivity index (χ1v) is 7.71. The molecule has 1 saturated heterocycles. The predicted octanol–water partition coefficient (Wildman–Crippen LogP) is 2.57.